The zero-order chi connectivity index (χ0) is 21.4. The summed E-state index contributed by atoms with van der Waals surface area (Å²) in [5.74, 6) is -0.614. The standard InChI is InChI=1S/C23H24N4O3/c1-13-11-21-25-14(2)17(16(4)27(21)26-13)9-10-22(29)30-12-20(28)23-15(3)24-19-8-6-5-7-18(19)23/h5-8,11,24H,9-10,12H2,1-4H3. The minimum atomic E-state index is -0.406. The molecule has 7 nitrogen and oxygen atoms in total. The maximum absolute atomic E-state index is 12.7. The van der Waals surface area contributed by atoms with Crippen molar-refractivity contribution in [3.8, 4) is 0 Å². The molecule has 0 unspecified atom stereocenters. The Morgan fingerprint density at radius 2 is 1.90 bits per heavy atom. The Hall–Kier alpha value is -3.48. The first kappa shape index (κ1) is 19.8. The molecule has 0 bridgehead atoms. The second-order valence-corrected chi connectivity index (χ2v) is 7.57. The van der Waals surface area contributed by atoms with Crippen LogP contribution in [-0.2, 0) is 16.0 Å². The number of nitrogens with zero attached hydrogens (tertiary/aromatic N) is 3. The number of hydrogen-bond donors (Lipinski definition) is 1. The average molecular weight is 404 g/mol. The smallest absolute Gasteiger partial charge is 0.306 e. The third-order valence-electron chi connectivity index (χ3n) is 5.40. The SMILES string of the molecule is Cc1cc2nc(C)c(CCC(=O)OCC(=O)c3c(C)[nH]c4ccccc34)c(C)n2n1. The number of esters is 1. The molecule has 4 rings (SSSR count). The van der Waals surface area contributed by atoms with Crippen molar-refractivity contribution in [2.45, 2.75) is 40.5 Å². The summed E-state index contributed by atoms with van der Waals surface area (Å²) in [6.45, 7) is 7.40. The van der Waals surface area contributed by atoms with Gasteiger partial charge < -0.3 is 9.72 Å². The first-order chi connectivity index (χ1) is 14.3. The number of aromatic amines is 1. The van der Waals surface area contributed by atoms with Gasteiger partial charge in [-0.05, 0) is 45.7 Å². The Bertz CT molecular complexity index is 1280. The molecule has 0 aliphatic carbocycles. The van der Waals surface area contributed by atoms with Gasteiger partial charge in [0.25, 0.3) is 0 Å². The Morgan fingerprint density at radius 3 is 2.70 bits per heavy atom. The van der Waals surface area contributed by atoms with Crippen LogP contribution >= 0.6 is 0 Å². The van der Waals surface area contributed by atoms with Gasteiger partial charge in [-0.1, -0.05) is 18.2 Å². The Morgan fingerprint density at radius 1 is 1.13 bits per heavy atom. The van der Waals surface area contributed by atoms with Gasteiger partial charge in [0, 0.05) is 46.0 Å². The summed E-state index contributed by atoms with van der Waals surface area (Å²) in [5.41, 5.74) is 6.75. The Balaban J connectivity index is 1.41. The van der Waals surface area contributed by atoms with Crippen LogP contribution in [0.2, 0.25) is 0 Å². The molecule has 4 aromatic rings. The number of aromatic nitrogens is 4. The summed E-state index contributed by atoms with van der Waals surface area (Å²) < 4.78 is 7.08. The van der Waals surface area contributed by atoms with Gasteiger partial charge >= 0.3 is 5.97 Å². The minimum Gasteiger partial charge on any atom is -0.457 e. The molecule has 154 valence electrons. The lowest BCUT2D eigenvalue weighted by molar-refractivity contribution is -0.142. The highest BCUT2D eigenvalue weighted by Gasteiger charge is 2.18. The van der Waals surface area contributed by atoms with Crippen LogP contribution in [0.3, 0.4) is 0 Å². The van der Waals surface area contributed by atoms with E-state index in [0.29, 0.717) is 12.0 Å². The zero-order valence-electron chi connectivity index (χ0n) is 17.6. The molecule has 3 aromatic heterocycles. The van der Waals surface area contributed by atoms with Crippen molar-refractivity contribution in [3.63, 3.8) is 0 Å². The van der Waals surface area contributed by atoms with Gasteiger partial charge in [0.15, 0.2) is 12.3 Å². The van der Waals surface area contributed by atoms with Gasteiger partial charge in [0.1, 0.15) is 0 Å². The Labute approximate surface area is 174 Å². The highest BCUT2D eigenvalue weighted by Crippen LogP contribution is 2.22. The topological polar surface area (TPSA) is 89.3 Å². The van der Waals surface area contributed by atoms with Crippen molar-refractivity contribution < 1.29 is 14.3 Å². The van der Waals surface area contributed by atoms with Gasteiger partial charge in [-0.25, -0.2) is 9.50 Å². The summed E-state index contributed by atoms with van der Waals surface area (Å²) in [6.07, 6.45) is 0.661. The van der Waals surface area contributed by atoms with Crippen molar-refractivity contribution in [2.75, 3.05) is 6.61 Å². The normalized spacial score (nSPS) is 11.3. The molecule has 0 aliphatic heterocycles. The molecule has 0 atom stereocenters. The Kier molecular flexibility index (Phi) is 5.11. The minimum absolute atomic E-state index is 0.176. The number of ether oxygens (including phenoxy) is 1. The summed E-state index contributed by atoms with van der Waals surface area (Å²) in [4.78, 5) is 32.7. The van der Waals surface area contributed by atoms with E-state index in [4.69, 9.17) is 4.74 Å². The summed E-state index contributed by atoms with van der Waals surface area (Å²) in [6, 6.07) is 9.53. The highest BCUT2D eigenvalue weighted by atomic mass is 16.5. The predicted octanol–water partition coefficient (Wildman–Crippen LogP) is 3.80. The van der Waals surface area contributed by atoms with E-state index in [0.717, 1.165) is 44.9 Å². The molecule has 7 heteroatoms. The summed E-state index contributed by atoms with van der Waals surface area (Å²) >= 11 is 0. The van der Waals surface area contributed by atoms with Crippen molar-refractivity contribution in [3.05, 3.63) is 64.2 Å². The largest absolute Gasteiger partial charge is 0.457 e. The van der Waals surface area contributed by atoms with E-state index in [2.05, 4.69) is 15.1 Å². The number of carbonyl (C=O) groups excluding carboxylic acids is 2. The molecular formula is C23H24N4O3. The third-order valence-corrected chi connectivity index (χ3v) is 5.40. The van der Waals surface area contributed by atoms with Crippen molar-refractivity contribution in [1.82, 2.24) is 19.6 Å². The monoisotopic (exact) mass is 404 g/mol. The van der Waals surface area contributed by atoms with Crippen LogP contribution in [0.4, 0.5) is 0 Å². The van der Waals surface area contributed by atoms with Crippen LogP contribution in [-0.4, -0.2) is 37.9 Å². The number of fused-ring (bicyclic) bond motifs is 2. The number of para-hydroxylation sites is 1. The number of H-pyrrole nitrogens is 1. The fraction of sp³-hybridized carbons (Fsp3) is 0.304. The van der Waals surface area contributed by atoms with E-state index in [1.807, 2.05) is 58.0 Å². The van der Waals surface area contributed by atoms with E-state index in [-0.39, 0.29) is 18.8 Å². The lowest BCUT2D eigenvalue weighted by Crippen LogP contribution is -2.16. The molecule has 0 spiro atoms. The fourth-order valence-electron chi connectivity index (χ4n) is 3.96. The molecule has 3 heterocycles. The lowest BCUT2D eigenvalue weighted by Gasteiger charge is -2.11. The fourth-order valence-corrected chi connectivity index (χ4v) is 3.96. The predicted molar refractivity (Wildman–Crippen MR) is 114 cm³/mol. The van der Waals surface area contributed by atoms with Crippen LogP contribution in [0.15, 0.2) is 30.3 Å². The number of rotatable bonds is 6. The number of ketones is 1. The van der Waals surface area contributed by atoms with Crippen molar-refractivity contribution in [1.29, 1.82) is 0 Å². The van der Waals surface area contributed by atoms with Crippen LogP contribution in [0, 0.1) is 27.7 Å². The number of hydrogen-bond acceptors (Lipinski definition) is 5. The van der Waals surface area contributed by atoms with Gasteiger partial charge in [-0.3, -0.25) is 9.59 Å². The summed E-state index contributed by atoms with van der Waals surface area (Å²) in [5, 5.41) is 5.30. The van der Waals surface area contributed by atoms with E-state index in [1.165, 1.54) is 0 Å². The molecule has 0 radical (unpaired) electrons. The molecule has 1 N–H and O–H groups in total. The lowest BCUT2D eigenvalue weighted by atomic mass is 10.1. The van der Waals surface area contributed by atoms with Crippen molar-refractivity contribution in [2.24, 2.45) is 0 Å². The molecule has 30 heavy (non-hydrogen) atoms. The maximum Gasteiger partial charge on any atom is 0.306 e. The molecule has 0 fully saturated rings. The van der Waals surface area contributed by atoms with Gasteiger partial charge in [0.05, 0.1) is 5.69 Å². The first-order valence-corrected chi connectivity index (χ1v) is 9.93. The van der Waals surface area contributed by atoms with Crippen LogP contribution in [0.5, 0.6) is 0 Å². The van der Waals surface area contributed by atoms with Gasteiger partial charge in [-0.2, -0.15) is 5.10 Å². The van der Waals surface area contributed by atoms with E-state index >= 15 is 0 Å². The molecule has 0 amide bonds. The van der Waals surface area contributed by atoms with Crippen LogP contribution < -0.4 is 0 Å². The number of carbonyl (C=O) groups is 2. The number of benzene rings is 1. The number of aryl methyl sites for hydroxylation is 4. The average Bonchev–Trinajstić information content (AvgIpc) is 3.24. The second-order valence-electron chi connectivity index (χ2n) is 7.57. The molecule has 0 aliphatic rings. The van der Waals surface area contributed by atoms with Gasteiger partial charge in [-0.15, -0.1) is 0 Å². The van der Waals surface area contributed by atoms with Crippen LogP contribution in [0.25, 0.3) is 16.6 Å². The van der Waals surface area contributed by atoms with E-state index < -0.39 is 5.97 Å². The summed E-state index contributed by atoms with van der Waals surface area (Å²) in [7, 11) is 0. The first-order valence-electron chi connectivity index (χ1n) is 9.93. The second kappa shape index (κ2) is 7.74. The van der Waals surface area contributed by atoms with Crippen LogP contribution in [0.1, 0.15) is 45.1 Å². The molecule has 0 saturated carbocycles. The molecular weight excluding hydrogens is 380 g/mol. The number of nitrogens with one attached hydrogen (secondary N) is 1. The van der Waals surface area contributed by atoms with Gasteiger partial charge in [0.2, 0.25) is 5.78 Å². The highest BCUT2D eigenvalue weighted by molar-refractivity contribution is 6.10. The third kappa shape index (κ3) is 3.58. The quantitative estimate of drug-likeness (QED) is 0.390. The molecule has 1 aromatic carbocycles. The van der Waals surface area contributed by atoms with E-state index in [1.54, 1.807) is 4.52 Å². The zero-order valence-corrected chi connectivity index (χ0v) is 17.6. The molecule has 0 saturated heterocycles. The number of Topliss-reactive ketones (excluding diaryl/α,β-unsaturated/α-hetero) is 1. The van der Waals surface area contributed by atoms with E-state index in [9.17, 15) is 9.59 Å². The van der Waals surface area contributed by atoms with Crippen molar-refractivity contribution >= 4 is 28.3 Å². The maximum atomic E-state index is 12.7.